The Labute approximate surface area is 103 Å². The monoisotopic (exact) mass is 234 g/mol. The van der Waals surface area contributed by atoms with Gasteiger partial charge in [-0.05, 0) is 54.8 Å². The fraction of sp³-hybridized carbons (Fsp3) is 0.800. The molecule has 0 heterocycles. The van der Waals surface area contributed by atoms with Gasteiger partial charge in [0.2, 0.25) is 0 Å². The van der Waals surface area contributed by atoms with Gasteiger partial charge in [0.05, 0.1) is 0 Å². The molecule has 1 spiro atoms. The van der Waals surface area contributed by atoms with Crippen LogP contribution >= 0.6 is 0 Å². The first kappa shape index (κ1) is 11.3. The molecule has 3 atom stereocenters. The van der Waals surface area contributed by atoms with Gasteiger partial charge < -0.3 is 5.11 Å². The molecule has 3 aliphatic rings. The van der Waals surface area contributed by atoms with Gasteiger partial charge in [-0.25, -0.2) is 4.79 Å². The largest absolute Gasteiger partial charge is 0.478 e. The first-order valence-corrected chi connectivity index (χ1v) is 6.90. The first-order chi connectivity index (χ1) is 7.96. The number of hydrogen-bond acceptors (Lipinski definition) is 1. The van der Waals surface area contributed by atoms with Crippen molar-refractivity contribution in [3.8, 4) is 0 Å². The predicted octanol–water partition coefficient (Wildman–Crippen LogP) is 3.62. The molecule has 2 saturated carbocycles. The Kier molecular flexibility index (Phi) is 2.24. The number of fused-ring (bicyclic) bond motifs is 1. The molecule has 0 saturated heterocycles. The Morgan fingerprint density at radius 1 is 1.47 bits per heavy atom. The second-order valence-electron chi connectivity index (χ2n) is 6.93. The van der Waals surface area contributed by atoms with Crippen molar-refractivity contribution in [2.45, 2.75) is 52.4 Å². The molecule has 0 amide bonds. The first-order valence-electron chi connectivity index (χ1n) is 6.90. The summed E-state index contributed by atoms with van der Waals surface area (Å²) in [5, 5.41) is 9.25. The fourth-order valence-electron chi connectivity index (χ4n) is 5.00. The molecule has 3 aliphatic carbocycles. The molecule has 0 aliphatic heterocycles. The maximum absolute atomic E-state index is 11.2. The predicted molar refractivity (Wildman–Crippen MR) is 66.6 cm³/mol. The van der Waals surface area contributed by atoms with Crippen LogP contribution in [0.3, 0.4) is 0 Å². The third kappa shape index (κ3) is 1.36. The maximum Gasteiger partial charge on any atom is 0.331 e. The van der Waals surface area contributed by atoms with Crippen molar-refractivity contribution in [3.63, 3.8) is 0 Å². The second-order valence-corrected chi connectivity index (χ2v) is 6.93. The summed E-state index contributed by atoms with van der Waals surface area (Å²) < 4.78 is 0. The summed E-state index contributed by atoms with van der Waals surface area (Å²) in [6.45, 7) is 4.81. The van der Waals surface area contributed by atoms with Crippen molar-refractivity contribution in [2.24, 2.45) is 22.7 Å². The van der Waals surface area contributed by atoms with Crippen LogP contribution in [0.1, 0.15) is 52.4 Å². The van der Waals surface area contributed by atoms with E-state index in [1.807, 2.05) is 6.08 Å². The standard InChI is InChI=1S/C15H22O2/c1-14(2)6-3-4-11-8-10-9-15(11,14)7-5-12(10)13(16)17/h5,10-11H,3-4,6-9H2,1-2H3,(H,16,17). The van der Waals surface area contributed by atoms with Crippen LogP contribution in [-0.4, -0.2) is 11.1 Å². The average molecular weight is 234 g/mol. The topological polar surface area (TPSA) is 37.3 Å². The summed E-state index contributed by atoms with van der Waals surface area (Å²) in [5.74, 6) is 0.425. The third-order valence-electron chi connectivity index (χ3n) is 6.04. The van der Waals surface area contributed by atoms with Gasteiger partial charge in [0.25, 0.3) is 0 Å². The number of hydrogen-bond donors (Lipinski definition) is 1. The Morgan fingerprint density at radius 2 is 2.24 bits per heavy atom. The van der Waals surface area contributed by atoms with Crippen LogP contribution in [0.25, 0.3) is 0 Å². The van der Waals surface area contributed by atoms with Crippen LogP contribution < -0.4 is 0 Å². The van der Waals surface area contributed by atoms with Crippen LogP contribution in [-0.2, 0) is 4.79 Å². The molecule has 0 aromatic heterocycles. The lowest BCUT2D eigenvalue weighted by Crippen LogP contribution is -2.44. The average Bonchev–Trinajstić information content (AvgIpc) is 2.53. The van der Waals surface area contributed by atoms with Crippen LogP contribution in [0, 0.1) is 22.7 Å². The van der Waals surface area contributed by atoms with Crippen LogP contribution in [0.2, 0.25) is 0 Å². The van der Waals surface area contributed by atoms with E-state index in [4.69, 9.17) is 0 Å². The van der Waals surface area contributed by atoms with Crippen LogP contribution in [0.4, 0.5) is 0 Å². The minimum atomic E-state index is -0.679. The van der Waals surface area contributed by atoms with E-state index < -0.39 is 5.97 Å². The maximum atomic E-state index is 11.2. The van der Waals surface area contributed by atoms with E-state index in [1.165, 1.54) is 19.3 Å². The molecule has 2 fully saturated rings. The lowest BCUT2D eigenvalue weighted by Gasteiger charge is -2.53. The molecular weight excluding hydrogens is 212 g/mol. The van der Waals surface area contributed by atoms with Crippen LogP contribution in [0.15, 0.2) is 11.6 Å². The Hall–Kier alpha value is -0.790. The van der Waals surface area contributed by atoms with Crippen molar-refractivity contribution in [1.82, 2.24) is 0 Å². The SMILES string of the molecule is CC1(C)CCCC2CC3CC21CC=C3C(=O)O. The fourth-order valence-corrected chi connectivity index (χ4v) is 5.00. The summed E-state index contributed by atoms with van der Waals surface area (Å²) in [7, 11) is 0. The molecule has 2 bridgehead atoms. The van der Waals surface area contributed by atoms with E-state index in [2.05, 4.69) is 13.8 Å². The molecular formula is C15H22O2. The Bertz CT molecular complexity index is 394. The third-order valence-corrected chi connectivity index (χ3v) is 6.04. The van der Waals surface area contributed by atoms with Gasteiger partial charge in [-0.1, -0.05) is 26.3 Å². The van der Waals surface area contributed by atoms with E-state index in [-0.39, 0.29) is 0 Å². The lowest BCUT2D eigenvalue weighted by atomic mass is 9.52. The summed E-state index contributed by atoms with van der Waals surface area (Å²) in [5.41, 5.74) is 1.51. The summed E-state index contributed by atoms with van der Waals surface area (Å²) in [6.07, 6.45) is 9.26. The zero-order valence-electron chi connectivity index (χ0n) is 10.8. The number of carboxylic acids is 1. The number of carbonyl (C=O) groups is 1. The normalized spacial score (nSPS) is 42.8. The van der Waals surface area contributed by atoms with E-state index in [9.17, 15) is 9.90 Å². The van der Waals surface area contributed by atoms with Gasteiger partial charge >= 0.3 is 5.97 Å². The lowest BCUT2D eigenvalue weighted by molar-refractivity contribution is -0.133. The van der Waals surface area contributed by atoms with Crippen molar-refractivity contribution in [2.75, 3.05) is 0 Å². The molecule has 94 valence electrons. The van der Waals surface area contributed by atoms with Crippen molar-refractivity contribution in [3.05, 3.63) is 11.6 Å². The smallest absolute Gasteiger partial charge is 0.331 e. The quantitative estimate of drug-likeness (QED) is 0.752. The summed E-state index contributed by atoms with van der Waals surface area (Å²) in [4.78, 5) is 11.2. The highest BCUT2D eigenvalue weighted by molar-refractivity contribution is 5.87. The Morgan fingerprint density at radius 3 is 2.94 bits per heavy atom. The zero-order chi connectivity index (χ0) is 12.3. The van der Waals surface area contributed by atoms with Gasteiger partial charge in [-0.3, -0.25) is 0 Å². The minimum Gasteiger partial charge on any atom is -0.478 e. The summed E-state index contributed by atoms with van der Waals surface area (Å²) in [6, 6.07) is 0. The molecule has 3 unspecified atom stereocenters. The highest BCUT2D eigenvalue weighted by atomic mass is 16.4. The molecule has 2 heteroatoms. The molecule has 17 heavy (non-hydrogen) atoms. The molecule has 1 N–H and O–H groups in total. The molecule has 0 radical (unpaired) electrons. The molecule has 3 rings (SSSR count). The van der Waals surface area contributed by atoms with Crippen molar-refractivity contribution in [1.29, 1.82) is 0 Å². The van der Waals surface area contributed by atoms with Gasteiger partial charge in [-0.2, -0.15) is 0 Å². The van der Waals surface area contributed by atoms with Gasteiger partial charge in [0.15, 0.2) is 0 Å². The van der Waals surface area contributed by atoms with E-state index in [0.29, 0.717) is 22.3 Å². The highest BCUT2D eigenvalue weighted by Gasteiger charge is 2.58. The Balaban J connectivity index is 2.00. The van der Waals surface area contributed by atoms with Crippen molar-refractivity contribution < 1.29 is 9.90 Å². The van der Waals surface area contributed by atoms with E-state index >= 15 is 0 Å². The van der Waals surface area contributed by atoms with E-state index in [0.717, 1.165) is 25.2 Å². The number of aliphatic carboxylic acids is 1. The number of rotatable bonds is 1. The van der Waals surface area contributed by atoms with Gasteiger partial charge in [-0.15, -0.1) is 0 Å². The molecule has 0 aromatic carbocycles. The number of allylic oxidation sites excluding steroid dienone is 1. The van der Waals surface area contributed by atoms with E-state index in [1.54, 1.807) is 0 Å². The zero-order valence-corrected chi connectivity index (χ0v) is 10.8. The van der Waals surface area contributed by atoms with Crippen LogP contribution in [0.5, 0.6) is 0 Å². The summed E-state index contributed by atoms with van der Waals surface area (Å²) >= 11 is 0. The van der Waals surface area contributed by atoms with Gasteiger partial charge in [0, 0.05) is 5.57 Å². The number of carboxylic acid groups (broad SMARTS) is 1. The second kappa shape index (κ2) is 3.37. The highest BCUT2D eigenvalue weighted by Crippen LogP contribution is 2.67. The molecule has 2 nitrogen and oxygen atoms in total. The van der Waals surface area contributed by atoms with Crippen molar-refractivity contribution >= 4 is 5.97 Å². The molecule has 0 aromatic rings. The minimum absolute atomic E-state index is 0.337. The van der Waals surface area contributed by atoms with Gasteiger partial charge in [0.1, 0.15) is 0 Å².